The Morgan fingerprint density at radius 2 is 1.38 bits per heavy atom. The molecule has 0 saturated heterocycles. The third-order valence-corrected chi connectivity index (χ3v) is 4.53. The molecule has 3 rings (SSSR count). The maximum Gasteiger partial charge on any atom is 0.221 e. The molecule has 7 heteroatoms. The van der Waals surface area contributed by atoms with Gasteiger partial charge in [-0.25, -0.2) is 9.97 Å². The van der Waals surface area contributed by atoms with E-state index in [0.29, 0.717) is 6.61 Å². The van der Waals surface area contributed by atoms with Crippen LogP contribution in [0.3, 0.4) is 0 Å². The minimum atomic E-state index is 0. The van der Waals surface area contributed by atoms with Crippen LogP contribution in [0.1, 0.15) is 13.8 Å². The number of likely N-dealkylation sites (N-methyl/N-ethyl adjacent to an activating group) is 1. The molecule has 0 aliphatic heterocycles. The molecule has 29 heavy (non-hydrogen) atoms. The molecule has 2 N–H and O–H groups in total. The zero-order chi connectivity index (χ0) is 19.1. The largest absolute Gasteiger partial charge is 0.492 e. The summed E-state index contributed by atoms with van der Waals surface area (Å²) in [4.78, 5) is 11.1. The van der Waals surface area contributed by atoms with Crippen LogP contribution in [0.5, 0.6) is 5.75 Å². The van der Waals surface area contributed by atoms with E-state index in [-0.39, 0.29) is 30.8 Å². The van der Waals surface area contributed by atoms with Crippen molar-refractivity contribution in [2.24, 2.45) is 0 Å². The maximum absolute atomic E-state index is 5.93. The van der Waals surface area contributed by atoms with Crippen molar-refractivity contribution in [1.82, 2.24) is 14.9 Å². The number of nitrogens with two attached hydrogens (primary N) is 1. The summed E-state index contributed by atoms with van der Waals surface area (Å²) in [5.41, 5.74) is 9.55. The van der Waals surface area contributed by atoms with Crippen molar-refractivity contribution in [1.29, 1.82) is 0 Å². The van der Waals surface area contributed by atoms with Gasteiger partial charge in [-0.3, -0.25) is 0 Å². The molecule has 0 amide bonds. The Labute approximate surface area is 185 Å². The topological polar surface area (TPSA) is 64.3 Å². The number of benzene rings is 2. The minimum absolute atomic E-state index is 0. The molecule has 0 radical (unpaired) electrons. The van der Waals surface area contributed by atoms with Crippen molar-refractivity contribution in [3.8, 4) is 28.3 Å². The highest BCUT2D eigenvalue weighted by Gasteiger charge is 2.07. The Balaban J connectivity index is 0.00000210. The van der Waals surface area contributed by atoms with Gasteiger partial charge in [0.15, 0.2) is 0 Å². The summed E-state index contributed by atoms with van der Waals surface area (Å²) in [5, 5.41) is 0. The lowest BCUT2D eigenvalue weighted by Gasteiger charge is -2.18. The van der Waals surface area contributed by atoms with Gasteiger partial charge in [-0.05, 0) is 43.4 Å². The van der Waals surface area contributed by atoms with Crippen molar-refractivity contribution in [2.45, 2.75) is 13.8 Å². The number of halogens is 2. The fourth-order valence-corrected chi connectivity index (χ4v) is 2.92. The van der Waals surface area contributed by atoms with E-state index >= 15 is 0 Å². The van der Waals surface area contributed by atoms with Crippen LogP contribution in [0, 0.1) is 0 Å². The molecule has 0 aliphatic carbocycles. The molecular formula is C22H28Cl2N4O. The SMILES string of the molecule is CCN(CC)CCOc1ccc(-c2cc(-c3ccccc3)nc(N)n2)cc1.Cl.Cl. The predicted octanol–water partition coefficient (Wildman–Crippen LogP) is 4.96. The number of hydrogen-bond donors (Lipinski definition) is 1. The number of nitrogens with zero attached hydrogens (tertiary/aromatic N) is 3. The third kappa shape index (κ3) is 6.89. The van der Waals surface area contributed by atoms with Crippen molar-refractivity contribution in [3.05, 3.63) is 60.7 Å². The zero-order valence-electron chi connectivity index (χ0n) is 16.7. The van der Waals surface area contributed by atoms with E-state index < -0.39 is 0 Å². The quantitative estimate of drug-likeness (QED) is 0.542. The molecule has 0 spiro atoms. The second kappa shape index (κ2) is 12.3. The van der Waals surface area contributed by atoms with Gasteiger partial charge < -0.3 is 15.4 Å². The van der Waals surface area contributed by atoms with Gasteiger partial charge in [0, 0.05) is 17.7 Å². The molecule has 156 valence electrons. The van der Waals surface area contributed by atoms with E-state index in [1.54, 1.807) is 0 Å². The number of hydrogen-bond acceptors (Lipinski definition) is 5. The molecule has 0 saturated carbocycles. The molecule has 1 heterocycles. The van der Waals surface area contributed by atoms with Crippen LogP contribution in [0.15, 0.2) is 60.7 Å². The molecule has 3 aromatic rings. The van der Waals surface area contributed by atoms with E-state index in [1.807, 2.05) is 60.7 Å². The molecular weight excluding hydrogens is 407 g/mol. The average molecular weight is 435 g/mol. The van der Waals surface area contributed by atoms with Crippen molar-refractivity contribution in [2.75, 3.05) is 32.0 Å². The number of anilines is 1. The Kier molecular flexibility index (Phi) is 10.5. The molecule has 0 fully saturated rings. The lowest BCUT2D eigenvalue weighted by molar-refractivity contribution is 0.223. The van der Waals surface area contributed by atoms with Crippen LogP contribution in [-0.2, 0) is 0 Å². The molecule has 5 nitrogen and oxygen atoms in total. The highest BCUT2D eigenvalue weighted by molar-refractivity contribution is 5.85. The van der Waals surface area contributed by atoms with Gasteiger partial charge >= 0.3 is 0 Å². The van der Waals surface area contributed by atoms with Crippen LogP contribution in [-0.4, -0.2) is 41.1 Å². The first-order valence-electron chi connectivity index (χ1n) is 9.35. The van der Waals surface area contributed by atoms with Gasteiger partial charge in [0.25, 0.3) is 0 Å². The summed E-state index contributed by atoms with van der Waals surface area (Å²) in [6.45, 7) is 8.01. The monoisotopic (exact) mass is 434 g/mol. The van der Waals surface area contributed by atoms with Crippen molar-refractivity contribution in [3.63, 3.8) is 0 Å². The second-order valence-electron chi connectivity index (χ2n) is 6.26. The zero-order valence-corrected chi connectivity index (χ0v) is 18.4. The summed E-state index contributed by atoms with van der Waals surface area (Å²) in [6, 6.07) is 19.9. The van der Waals surface area contributed by atoms with Gasteiger partial charge in [-0.15, -0.1) is 24.8 Å². The predicted molar refractivity (Wildman–Crippen MR) is 125 cm³/mol. The van der Waals surface area contributed by atoms with Gasteiger partial charge in [-0.1, -0.05) is 44.2 Å². The lowest BCUT2D eigenvalue weighted by Crippen LogP contribution is -2.27. The maximum atomic E-state index is 5.93. The van der Waals surface area contributed by atoms with Gasteiger partial charge in [0.2, 0.25) is 5.95 Å². The second-order valence-corrected chi connectivity index (χ2v) is 6.26. The lowest BCUT2D eigenvalue weighted by atomic mass is 10.1. The minimum Gasteiger partial charge on any atom is -0.492 e. The summed E-state index contributed by atoms with van der Waals surface area (Å²) in [6.07, 6.45) is 0. The first-order valence-corrected chi connectivity index (χ1v) is 9.35. The van der Waals surface area contributed by atoms with E-state index in [9.17, 15) is 0 Å². The van der Waals surface area contributed by atoms with E-state index in [2.05, 4.69) is 28.7 Å². The van der Waals surface area contributed by atoms with Crippen LogP contribution < -0.4 is 10.5 Å². The van der Waals surface area contributed by atoms with Crippen LogP contribution in [0.25, 0.3) is 22.5 Å². The highest BCUT2D eigenvalue weighted by Crippen LogP contribution is 2.25. The normalized spacial score (nSPS) is 10.2. The summed E-state index contributed by atoms with van der Waals surface area (Å²) >= 11 is 0. The Morgan fingerprint density at radius 1 is 0.828 bits per heavy atom. The smallest absolute Gasteiger partial charge is 0.221 e. The van der Waals surface area contributed by atoms with E-state index in [4.69, 9.17) is 10.5 Å². The molecule has 1 aromatic heterocycles. The average Bonchev–Trinajstić information content (AvgIpc) is 2.72. The number of nitrogen functional groups attached to an aromatic ring is 1. The fraction of sp³-hybridized carbons (Fsp3) is 0.273. The Hall–Kier alpha value is -2.34. The van der Waals surface area contributed by atoms with Crippen molar-refractivity contribution < 1.29 is 4.74 Å². The molecule has 0 bridgehead atoms. The number of ether oxygens (including phenoxy) is 1. The van der Waals surface area contributed by atoms with Gasteiger partial charge in [0.1, 0.15) is 12.4 Å². The number of aromatic nitrogens is 2. The van der Waals surface area contributed by atoms with Gasteiger partial charge in [0.05, 0.1) is 11.4 Å². The standard InChI is InChI=1S/C22H26N4O.2ClH/c1-3-26(4-2)14-15-27-19-12-10-18(11-13-19)21-16-20(24-22(23)25-21)17-8-6-5-7-9-17;;/h5-13,16H,3-4,14-15H2,1-2H3,(H2,23,24,25);2*1H. The fourth-order valence-electron chi connectivity index (χ4n) is 2.92. The van der Waals surface area contributed by atoms with E-state index in [0.717, 1.165) is 47.9 Å². The first kappa shape index (κ1) is 24.7. The Bertz CT molecular complexity index is 856. The summed E-state index contributed by atoms with van der Waals surface area (Å²) in [7, 11) is 0. The molecule has 0 unspecified atom stereocenters. The van der Waals surface area contributed by atoms with Crippen LogP contribution in [0.4, 0.5) is 5.95 Å². The van der Waals surface area contributed by atoms with Gasteiger partial charge in [-0.2, -0.15) is 0 Å². The molecule has 0 atom stereocenters. The summed E-state index contributed by atoms with van der Waals surface area (Å²) < 4.78 is 5.85. The van der Waals surface area contributed by atoms with Crippen LogP contribution >= 0.6 is 24.8 Å². The molecule has 2 aromatic carbocycles. The van der Waals surface area contributed by atoms with Crippen LogP contribution in [0.2, 0.25) is 0 Å². The van der Waals surface area contributed by atoms with Crippen molar-refractivity contribution >= 4 is 30.8 Å². The van der Waals surface area contributed by atoms with E-state index in [1.165, 1.54) is 0 Å². The first-order chi connectivity index (χ1) is 13.2. The number of rotatable bonds is 8. The Morgan fingerprint density at radius 3 is 1.93 bits per heavy atom. The highest BCUT2D eigenvalue weighted by atomic mass is 35.5. The summed E-state index contributed by atoms with van der Waals surface area (Å²) in [5.74, 6) is 1.13. The third-order valence-electron chi connectivity index (χ3n) is 4.53. The molecule has 0 aliphatic rings.